The average Bonchev–Trinajstić information content (AvgIpc) is 2.58. The molecule has 134 valence electrons. The summed E-state index contributed by atoms with van der Waals surface area (Å²) in [6, 6.07) is 12.3. The predicted octanol–water partition coefficient (Wildman–Crippen LogP) is 2.94. The highest BCUT2D eigenvalue weighted by Gasteiger charge is 2.21. The number of hydrogen-bond donors (Lipinski definition) is 4. The van der Waals surface area contributed by atoms with E-state index in [4.69, 9.17) is 5.73 Å². The molecule has 0 heterocycles. The standard InChI is InChI=1S/C18H16N2O5S/c1-10-6-7-14(19)13(8-10)18(22)20-15-9-16(26(23,24)25)17(21)12-5-3-2-4-11(12)15/h2-9,21H,19H2,1H3,(H,20,22)(H,23,24,25). The Morgan fingerprint density at radius 1 is 1.08 bits per heavy atom. The van der Waals surface area contributed by atoms with E-state index >= 15 is 0 Å². The highest BCUT2D eigenvalue weighted by Crippen LogP contribution is 2.37. The van der Waals surface area contributed by atoms with Gasteiger partial charge in [-0.05, 0) is 25.1 Å². The maximum atomic E-state index is 12.6. The van der Waals surface area contributed by atoms with Gasteiger partial charge in [0.25, 0.3) is 16.0 Å². The molecule has 0 saturated heterocycles. The lowest BCUT2D eigenvalue weighted by atomic mass is 10.1. The number of anilines is 2. The monoisotopic (exact) mass is 372 g/mol. The van der Waals surface area contributed by atoms with Crippen molar-refractivity contribution in [2.45, 2.75) is 11.8 Å². The minimum absolute atomic E-state index is 0.122. The zero-order chi connectivity index (χ0) is 19.1. The molecule has 0 bridgehead atoms. The number of amides is 1. The van der Waals surface area contributed by atoms with Crippen LogP contribution in [-0.2, 0) is 10.1 Å². The van der Waals surface area contributed by atoms with Gasteiger partial charge in [-0.3, -0.25) is 9.35 Å². The number of aromatic hydroxyl groups is 1. The fourth-order valence-corrected chi connectivity index (χ4v) is 3.31. The second-order valence-corrected chi connectivity index (χ2v) is 7.23. The lowest BCUT2D eigenvalue weighted by Gasteiger charge is -2.13. The van der Waals surface area contributed by atoms with Gasteiger partial charge in [0.05, 0.1) is 11.3 Å². The van der Waals surface area contributed by atoms with Gasteiger partial charge in [0.15, 0.2) is 0 Å². The largest absolute Gasteiger partial charge is 0.506 e. The van der Waals surface area contributed by atoms with Crippen molar-refractivity contribution in [3.8, 4) is 5.75 Å². The summed E-state index contributed by atoms with van der Waals surface area (Å²) in [6.07, 6.45) is 0. The van der Waals surface area contributed by atoms with E-state index in [1.165, 1.54) is 6.07 Å². The molecule has 3 rings (SSSR count). The Labute approximate surface area is 149 Å². The van der Waals surface area contributed by atoms with Gasteiger partial charge in [0.1, 0.15) is 10.6 Å². The summed E-state index contributed by atoms with van der Waals surface area (Å²) in [5, 5.41) is 13.4. The van der Waals surface area contributed by atoms with Crippen molar-refractivity contribution in [3.63, 3.8) is 0 Å². The summed E-state index contributed by atoms with van der Waals surface area (Å²) in [7, 11) is -4.69. The topological polar surface area (TPSA) is 130 Å². The lowest BCUT2D eigenvalue weighted by molar-refractivity contribution is 0.102. The zero-order valence-electron chi connectivity index (χ0n) is 13.7. The van der Waals surface area contributed by atoms with Crippen LogP contribution in [0.4, 0.5) is 11.4 Å². The highest BCUT2D eigenvalue weighted by molar-refractivity contribution is 7.86. The van der Waals surface area contributed by atoms with Crippen LogP contribution in [0.25, 0.3) is 10.8 Å². The molecule has 0 radical (unpaired) electrons. The number of phenols is 1. The molecule has 26 heavy (non-hydrogen) atoms. The lowest BCUT2D eigenvalue weighted by Crippen LogP contribution is -2.15. The van der Waals surface area contributed by atoms with E-state index in [0.717, 1.165) is 11.6 Å². The number of rotatable bonds is 3. The van der Waals surface area contributed by atoms with Crippen LogP contribution < -0.4 is 11.1 Å². The van der Waals surface area contributed by atoms with Crippen molar-refractivity contribution in [2.75, 3.05) is 11.1 Å². The molecule has 5 N–H and O–H groups in total. The third-order valence-electron chi connectivity index (χ3n) is 3.96. The number of benzene rings is 3. The van der Waals surface area contributed by atoms with Crippen molar-refractivity contribution >= 4 is 38.2 Å². The van der Waals surface area contributed by atoms with Crippen LogP contribution in [0.3, 0.4) is 0 Å². The molecule has 3 aromatic carbocycles. The van der Waals surface area contributed by atoms with Crippen LogP contribution >= 0.6 is 0 Å². The summed E-state index contributed by atoms with van der Waals surface area (Å²) in [6.45, 7) is 1.81. The maximum Gasteiger partial charge on any atom is 0.298 e. The number of aryl methyl sites for hydroxylation is 1. The number of carbonyl (C=O) groups is 1. The average molecular weight is 372 g/mol. The van der Waals surface area contributed by atoms with Gasteiger partial charge in [-0.25, -0.2) is 0 Å². The Kier molecular flexibility index (Phi) is 4.31. The van der Waals surface area contributed by atoms with Crippen molar-refractivity contribution in [2.24, 2.45) is 0 Å². The number of fused-ring (bicyclic) bond motifs is 1. The molecule has 0 spiro atoms. The van der Waals surface area contributed by atoms with Crippen molar-refractivity contribution in [1.29, 1.82) is 0 Å². The molecular formula is C18H16N2O5S. The molecule has 8 heteroatoms. The molecule has 1 amide bonds. The van der Waals surface area contributed by atoms with E-state index in [0.29, 0.717) is 5.39 Å². The first-order valence-corrected chi connectivity index (χ1v) is 9.02. The van der Waals surface area contributed by atoms with Gasteiger partial charge < -0.3 is 16.2 Å². The van der Waals surface area contributed by atoms with Crippen LogP contribution in [0.15, 0.2) is 53.4 Å². The molecule has 0 aromatic heterocycles. The Morgan fingerprint density at radius 3 is 2.38 bits per heavy atom. The van der Waals surface area contributed by atoms with E-state index < -0.39 is 26.7 Å². The van der Waals surface area contributed by atoms with Gasteiger partial charge in [0.2, 0.25) is 0 Å². The molecule has 7 nitrogen and oxygen atoms in total. The molecule has 3 aromatic rings. The molecular weight excluding hydrogens is 356 g/mol. The second kappa shape index (κ2) is 6.32. The molecule has 0 aliphatic heterocycles. The smallest absolute Gasteiger partial charge is 0.298 e. The van der Waals surface area contributed by atoms with Gasteiger partial charge in [-0.1, -0.05) is 35.9 Å². The van der Waals surface area contributed by atoms with Gasteiger partial charge in [-0.15, -0.1) is 0 Å². The summed E-state index contributed by atoms with van der Waals surface area (Å²) in [5.41, 5.74) is 7.30. The van der Waals surface area contributed by atoms with E-state index in [-0.39, 0.29) is 22.3 Å². The Bertz CT molecular complexity index is 1140. The van der Waals surface area contributed by atoms with Gasteiger partial charge >= 0.3 is 0 Å². The molecule has 0 aliphatic carbocycles. The van der Waals surface area contributed by atoms with Crippen molar-refractivity contribution < 1.29 is 22.9 Å². The first-order chi connectivity index (χ1) is 12.2. The van der Waals surface area contributed by atoms with E-state index in [9.17, 15) is 22.9 Å². The summed E-state index contributed by atoms with van der Waals surface area (Å²) in [4.78, 5) is 11.9. The minimum Gasteiger partial charge on any atom is -0.506 e. The van der Waals surface area contributed by atoms with Crippen molar-refractivity contribution in [3.05, 3.63) is 59.7 Å². The fourth-order valence-electron chi connectivity index (χ4n) is 2.69. The third kappa shape index (κ3) is 3.19. The number of hydrogen-bond acceptors (Lipinski definition) is 5. The summed E-state index contributed by atoms with van der Waals surface area (Å²) >= 11 is 0. The first-order valence-electron chi connectivity index (χ1n) is 7.58. The van der Waals surface area contributed by atoms with Gasteiger partial charge in [-0.2, -0.15) is 8.42 Å². The maximum absolute atomic E-state index is 12.6. The van der Waals surface area contributed by atoms with E-state index in [1.54, 1.807) is 36.4 Å². The quantitative estimate of drug-likeness (QED) is 0.318. The molecule has 0 atom stereocenters. The highest BCUT2D eigenvalue weighted by atomic mass is 32.2. The zero-order valence-corrected chi connectivity index (χ0v) is 14.5. The SMILES string of the molecule is Cc1ccc(N)c(C(=O)Nc2cc(S(=O)(=O)O)c(O)c3ccccc23)c1. The van der Waals surface area contributed by atoms with Crippen LogP contribution in [0.2, 0.25) is 0 Å². The summed E-state index contributed by atoms with van der Waals surface area (Å²) in [5.74, 6) is -1.13. The van der Waals surface area contributed by atoms with E-state index in [1.807, 2.05) is 6.92 Å². The first kappa shape index (κ1) is 17.7. The molecule has 0 unspecified atom stereocenters. The summed E-state index contributed by atoms with van der Waals surface area (Å²) < 4.78 is 32.5. The number of nitrogens with two attached hydrogens (primary N) is 1. The van der Waals surface area contributed by atoms with Gasteiger partial charge in [0, 0.05) is 16.5 Å². The fraction of sp³-hybridized carbons (Fsp3) is 0.0556. The van der Waals surface area contributed by atoms with Crippen molar-refractivity contribution in [1.82, 2.24) is 0 Å². The molecule has 0 fully saturated rings. The Morgan fingerprint density at radius 2 is 1.73 bits per heavy atom. The van der Waals surface area contributed by atoms with E-state index in [2.05, 4.69) is 5.32 Å². The minimum atomic E-state index is -4.69. The number of carbonyl (C=O) groups excluding carboxylic acids is 1. The number of phenolic OH excluding ortho intramolecular Hbond substituents is 1. The Balaban J connectivity index is 2.17. The van der Waals surface area contributed by atoms with Crippen LogP contribution in [0.1, 0.15) is 15.9 Å². The third-order valence-corrected chi connectivity index (χ3v) is 4.83. The Hall–Kier alpha value is -3.10. The number of nitrogens with one attached hydrogen (secondary N) is 1. The molecule has 0 saturated carbocycles. The second-order valence-electron chi connectivity index (χ2n) is 5.84. The predicted molar refractivity (Wildman–Crippen MR) is 99.0 cm³/mol. The van der Waals surface area contributed by atoms with Crippen LogP contribution in [0.5, 0.6) is 5.75 Å². The molecule has 0 aliphatic rings. The number of nitrogen functional groups attached to an aromatic ring is 1. The van der Waals surface area contributed by atoms with Crippen LogP contribution in [0, 0.1) is 6.92 Å². The van der Waals surface area contributed by atoms with Crippen LogP contribution in [-0.4, -0.2) is 24.0 Å². The normalized spacial score (nSPS) is 11.5.